The van der Waals surface area contributed by atoms with E-state index in [1.54, 1.807) is 6.92 Å². The van der Waals surface area contributed by atoms with Gasteiger partial charge in [-0.25, -0.2) is 4.79 Å². The van der Waals surface area contributed by atoms with Crippen LogP contribution in [0.4, 0.5) is 5.69 Å². The SMILES string of the molecule is Cc1ccc(NC(C)(C(=O)O)C(C)C)cc1. The number of carboxylic acids is 1. The summed E-state index contributed by atoms with van der Waals surface area (Å²) in [4.78, 5) is 11.3. The molecule has 0 aliphatic heterocycles. The van der Waals surface area contributed by atoms with E-state index in [9.17, 15) is 9.90 Å². The number of hydrogen-bond donors (Lipinski definition) is 2. The van der Waals surface area contributed by atoms with Gasteiger partial charge in [0.15, 0.2) is 0 Å². The monoisotopic (exact) mass is 221 g/mol. The first-order valence-electron chi connectivity index (χ1n) is 5.44. The summed E-state index contributed by atoms with van der Waals surface area (Å²) in [6.45, 7) is 7.51. The Labute approximate surface area is 96.5 Å². The van der Waals surface area contributed by atoms with Crippen LogP contribution >= 0.6 is 0 Å². The molecule has 0 bridgehead atoms. The van der Waals surface area contributed by atoms with Crippen LogP contribution in [0.1, 0.15) is 26.3 Å². The van der Waals surface area contributed by atoms with Crippen molar-refractivity contribution in [3.63, 3.8) is 0 Å². The fourth-order valence-electron chi connectivity index (χ4n) is 1.38. The van der Waals surface area contributed by atoms with Crippen molar-refractivity contribution >= 4 is 11.7 Å². The predicted octanol–water partition coefficient (Wildman–Crippen LogP) is 2.91. The maximum absolute atomic E-state index is 11.3. The van der Waals surface area contributed by atoms with Crippen molar-refractivity contribution in [2.24, 2.45) is 5.92 Å². The van der Waals surface area contributed by atoms with E-state index in [1.165, 1.54) is 0 Å². The molecule has 1 unspecified atom stereocenters. The molecule has 1 atom stereocenters. The standard InChI is InChI=1S/C13H19NO2/c1-9(2)13(4,12(15)16)14-11-7-5-10(3)6-8-11/h5-9,14H,1-4H3,(H,15,16). The van der Waals surface area contributed by atoms with Gasteiger partial charge < -0.3 is 10.4 Å². The zero-order valence-electron chi connectivity index (χ0n) is 10.2. The summed E-state index contributed by atoms with van der Waals surface area (Å²) in [5.74, 6) is -0.825. The Hall–Kier alpha value is -1.51. The number of aryl methyl sites for hydroxylation is 1. The summed E-state index contributed by atoms with van der Waals surface area (Å²) >= 11 is 0. The largest absolute Gasteiger partial charge is 0.480 e. The highest BCUT2D eigenvalue weighted by Crippen LogP contribution is 2.23. The van der Waals surface area contributed by atoms with Gasteiger partial charge in [-0.15, -0.1) is 0 Å². The normalized spacial score (nSPS) is 14.6. The van der Waals surface area contributed by atoms with Crippen molar-refractivity contribution in [1.29, 1.82) is 0 Å². The summed E-state index contributed by atoms with van der Waals surface area (Å²) in [5.41, 5.74) is 1.06. The number of benzene rings is 1. The summed E-state index contributed by atoms with van der Waals surface area (Å²) in [6, 6.07) is 7.73. The fourth-order valence-corrected chi connectivity index (χ4v) is 1.38. The molecule has 3 nitrogen and oxygen atoms in total. The van der Waals surface area contributed by atoms with Crippen molar-refractivity contribution in [2.75, 3.05) is 5.32 Å². The van der Waals surface area contributed by atoms with E-state index >= 15 is 0 Å². The molecule has 0 radical (unpaired) electrons. The van der Waals surface area contributed by atoms with Gasteiger partial charge in [0.05, 0.1) is 0 Å². The number of hydrogen-bond acceptors (Lipinski definition) is 2. The van der Waals surface area contributed by atoms with Crippen LogP contribution in [0, 0.1) is 12.8 Å². The Morgan fingerprint density at radius 1 is 1.31 bits per heavy atom. The Bertz CT molecular complexity index is 370. The van der Waals surface area contributed by atoms with Gasteiger partial charge in [0.2, 0.25) is 0 Å². The molecule has 0 aliphatic carbocycles. The topological polar surface area (TPSA) is 49.3 Å². The van der Waals surface area contributed by atoms with Crippen LogP contribution in [0.15, 0.2) is 24.3 Å². The molecule has 1 aromatic carbocycles. The second kappa shape index (κ2) is 4.56. The van der Waals surface area contributed by atoms with Gasteiger partial charge in [0, 0.05) is 5.69 Å². The quantitative estimate of drug-likeness (QED) is 0.822. The lowest BCUT2D eigenvalue weighted by Gasteiger charge is -2.31. The summed E-state index contributed by atoms with van der Waals surface area (Å²) in [7, 11) is 0. The minimum atomic E-state index is -0.935. The first-order valence-corrected chi connectivity index (χ1v) is 5.44. The van der Waals surface area contributed by atoms with E-state index in [4.69, 9.17) is 0 Å². The second-order valence-electron chi connectivity index (χ2n) is 4.65. The van der Waals surface area contributed by atoms with Crippen LogP contribution < -0.4 is 5.32 Å². The predicted molar refractivity (Wildman–Crippen MR) is 65.7 cm³/mol. The van der Waals surface area contributed by atoms with Crippen molar-refractivity contribution < 1.29 is 9.90 Å². The first kappa shape index (κ1) is 12.6. The molecule has 3 heteroatoms. The molecule has 0 saturated heterocycles. The number of aliphatic carboxylic acids is 1. The minimum absolute atomic E-state index is 0.00584. The van der Waals surface area contributed by atoms with E-state index in [2.05, 4.69) is 5.32 Å². The lowest BCUT2D eigenvalue weighted by atomic mass is 9.88. The van der Waals surface area contributed by atoms with Crippen LogP contribution in [-0.4, -0.2) is 16.6 Å². The van der Waals surface area contributed by atoms with Gasteiger partial charge in [-0.2, -0.15) is 0 Å². The molecule has 0 heterocycles. The zero-order valence-corrected chi connectivity index (χ0v) is 10.2. The van der Waals surface area contributed by atoms with Gasteiger partial charge >= 0.3 is 5.97 Å². The van der Waals surface area contributed by atoms with Crippen molar-refractivity contribution in [3.8, 4) is 0 Å². The maximum Gasteiger partial charge on any atom is 0.329 e. The zero-order chi connectivity index (χ0) is 12.3. The molecule has 1 aromatic rings. The summed E-state index contributed by atoms with van der Waals surface area (Å²) in [5, 5.41) is 12.3. The molecular formula is C13H19NO2. The summed E-state index contributed by atoms with van der Waals surface area (Å²) in [6.07, 6.45) is 0. The maximum atomic E-state index is 11.3. The molecule has 16 heavy (non-hydrogen) atoms. The lowest BCUT2D eigenvalue weighted by Crippen LogP contribution is -2.48. The number of carbonyl (C=O) groups is 1. The smallest absolute Gasteiger partial charge is 0.329 e. The van der Waals surface area contributed by atoms with Crippen LogP contribution in [0.2, 0.25) is 0 Å². The molecule has 0 amide bonds. The van der Waals surface area contributed by atoms with E-state index in [1.807, 2.05) is 45.0 Å². The van der Waals surface area contributed by atoms with Gasteiger partial charge in [0.25, 0.3) is 0 Å². The minimum Gasteiger partial charge on any atom is -0.480 e. The van der Waals surface area contributed by atoms with E-state index < -0.39 is 11.5 Å². The fraction of sp³-hybridized carbons (Fsp3) is 0.462. The Kier molecular flexibility index (Phi) is 3.58. The van der Waals surface area contributed by atoms with Crippen LogP contribution in [0.25, 0.3) is 0 Å². The van der Waals surface area contributed by atoms with E-state index in [-0.39, 0.29) is 5.92 Å². The average molecular weight is 221 g/mol. The Morgan fingerprint density at radius 3 is 2.19 bits per heavy atom. The second-order valence-corrected chi connectivity index (χ2v) is 4.65. The Balaban J connectivity index is 2.93. The lowest BCUT2D eigenvalue weighted by molar-refractivity contribution is -0.143. The van der Waals surface area contributed by atoms with E-state index in [0.717, 1.165) is 11.3 Å². The molecular weight excluding hydrogens is 202 g/mol. The molecule has 0 saturated carbocycles. The van der Waals surface area contributed by atoms with Gasteiger partial charge in [0.1, 0.15) is 5.54 Å². The highest BCUT2D eigenvalue weighted by atomic mass is 16.4. The van der Waals surface area contributed by atoms with Gasteiger partial charge in [-0.1, -0.05) is 31.5 Å². The van der Waals surface area contributed by atoms with Crippen LogP contribution in [-0.2, 0) is 4.79 Å². The van der Waals surface area contributed by atoms with Crippen molar-refractivity contribution in [2.45, 2.75) is 33.2 Å². The highest BCUT2D eigenvalue weighted by molar-refractivity contribution is 5.82. The number of anilines is 1. The molecule has 88 valence electrons. The van der Waals surface area contributed by atoms with Gasteiger partial charge in [-0.05, 0) is 31.9 Å². The molecule has 0 fully saturated rings. The van der Waals surface area contributed by atoms with Gasteiger partial charge in [-0.3, -0.25) is 0 Å². The summed E-state index contributed by atoms with van der Waals surface area (Å²) < 4.78 is 0. The Morgan fingerprint density at radius 2 is 1.81 bits per heavy atom. The molecule has 0 aromatic heterocycles. The molecule has 0 spiro atoms. The van der Waals surface area contributed by atoms with Crippen LogP contribution in [0.5, 0.6) is 0 Å². The molecule has 1 rings (SSSR count). The third-order valence-corrected chi connectivity index (χ3v) is 3.05. The number of nitrogens with one attached hydrogen (secondary N) is 1. The average Bonchev–Trinajstić information content (AvgIpc) is 2.20. The molecule has 0 aliphatic rings. The van der Waals surface area contributed by atoms with Crippen molar-refractivity contribution in [3.05, 3.63) is 29.8 Å². The van der Waals surface area contributed by atoms with E-state index in [0.29, 0.717) is 0 Å². The third kappa shape index (κ3) is 2.54. The third-order valence-electron chi connectivity index (χ3n) is 3.05. The first-order chi connectivity index (χ1) is 7.36. The molecule has 2 N–H and O–H groups in total. The number of carboxylic acid groups (broad SMARTS) is 1. The van der Waals surface area contributed by atoms with Crippen LogP contribution in [0.3, 0.4) is 0 Å². The number of rotatable bonds is 4. The highest BCUT2D eigenvalue weighted by Gasteiger charge is 2.36. The van der Waals surface area contributed by atoms with Crippen molar-refractivity contribution in [1.82, 2.24) is 0 Å².